The molecule has 78 valence electrons. The molecule has 1 aliphatic rings. The Kier molecular flexibility index (Phi) is 2.49. The summed E-state index contributed by atoms with van der Waals surface area (Å²) in [6, 6.07) is 0. The summed E-state index contributed by atoms with van der Waals surface area (Å²) in [4.78, 5) is 0. The first-order chi connectivity index (χ1) is 6.62. The zero-order chi connectivity index (χ0) is 10.2. The Balaban J connectivity index is 2.23. The van der Waals surface area contributed by atoms with Crippen molar-refractivity contribution in [1.82, 2.24) is 10.2 Å². The second kappa shape index (κ2) is 3.51. The van der Waals surface area contributed by atoms with E-state index in [-0.39, 0.29) is 5.38 Å². The summed E-state index contributed by atoms with van der Waals surface area (Å²) >= 11 is 5.83. The molecule has 0 aliphatic carbocycles. The highest BCUT2D eigenvalue weighted by atomic mass is 35.5. The van der Waals surface area contributed by atoms with Crippen LogP contribution in [0, 0.1) is 0 Å². The van der Waals surface area contributed by atoms with Crippen LogP contribution in [0.2, 0.25) is 0 Å². The highest BCUT2D eigenvalue weighted by molar-refractivity contribution is 6.20. The Bertz CT molecular complexity index is 318. The van der Waals surface area contributed by atoms with E-state index >= 15 is 0 Å². The summed E-state index contributed by atoms with van der Waals surface area (Å²) in [7, 11) is 0. The minimum absolute atomic E-state index is 0.249. The van der Waals surface area contributed by atoms with Crippen LogP contribution < -0.4 is 0 Å². The maximum absolute atomic E-state index is 5.83. The number of ether oxygens (including phenoxy) is 1. The van der Waals surface area contributed by atoms with Gasteiger partial charge in [0.2, 0.25) is 11.8 Å². The average Bonchev–Trinajstić information content (AvgIpc) is 2.71. The fourth-order valence-corrected chi connectivity index (χ4v) is 1.64. The van der Waals surface area contributed by atoms with Gasteiger partial charge in [-0.05, 0) is 26.7 Å². The van der Waals surface area contributed by atoms with Gasteiger partial charge in [-0.15, -0.1) is 21.8 Å². The summed E-state index contributed by atoms with van der Waals surface area (Å²) < 4.78 is 11.0. The molecule has 0 bridgehead atoms. The maximum atomic E-state index is 5.83. The predicted molar refractivity (Wildman–Crippen MR) is 51.1 cm³/mol. The Labute approximate surface area is 87.6 Å². The van der Waals surface area contributed by atoms with E-state index in [1.807, 2.05) is 6.92 Å². The molecule has 0 amide bonds. The smallest absolute Gasteiger partial charge is 0.248 e. The minimum atomic E-state index is -0.406. The first-order valence-electron chi connectivity index (χ1n) is 4.74. The van der Waals surface area contributed by atoms with Crippen LogP contribution in [0.5, 0.6) is 0 Å². The minimum Gasteiger partial charge on any atom is -0.421 e. The molecule has 0 N–H and O–H groups in total. The van der Waals surface area contributed by atoms with Gasteiger partial charge in [0, 0.05) is 6.61 Å². The van der Waals surface area contributed by atoms with E-state index in [0.29, 0.717) is 11.8 Å². The normalized spacial score (nSPS) is 29.4. The molecular formula is C9H13ClN2O2. The monoisotopic (exact) mass is 216 g/mol. The lowest BCUT2D eigenvalue weighted by atomic mass is 10.0. The van der Waals surface area contributed by atoms with Gasteiger partial charge in [-0.2, -0.15) is 0 Å². The zero-order valence-electron chi connectivity index (χ0n) is 8.29. The first kappa shape index (κ1) is 9.93. The molecule has 2 heterocycles. The Morgan fingerprint density at radius 2 is 2.29 bits per heavy atom. The van der Waals surface area contributed by atoms with Crippen molar-refractivity contribution in [2.75, 3.05) is 6.61 Å². The fraction of sp³-hybridized carbons (Fsp3) is 0.778. The van der Waals surface area contributed by atoms with E-state index < -0.39 is 5.60 Å². The van der Waals surface area contributed by atoms with Gasteiger partial charge in [0.25, 0.3) is 0 Å². The molecule has 2 atom stereocenters. The highest BCUT2D eigenvalue weighted by Gasteiger charge is 2.37. The molecular weight excluding hydrogens is 204 g/mol. The molecule has 1 aromatic rings. The average molecular weight is 217 g/mol. The van der Waals surface area contributed by atoms with Gasteiger partial charge in [0.05, 0.1) is 0 Å². The third-order valence-corrected chi connectivity index (χ3v) is 2.64. The summed E-state index contributed by atoms with van der Waals surface area (Å²) in [5.74, 6) is 0.996. The van der Waals surface area contributed by atoms with Gasteiger partial charge in [-0.1, -0.05) is 0 Å². The first-order valence-corrected chi connectivity index (χ1v) is 5.17. The third kappa shape index (κ3) is 1.64. The number of nitrogens with zero attached hydrogens (tertiary/aromatic N) is 2. The van der Waals surface area contributed by atoms with Crippen molar-refractivity contribution in [3.8, 4) is 0 Å². The van der Waals surface area contributed by atoms with Crippen molar-refractivity contribution >= 4 is 11.6 Å². The highest BCUT2D eigenvalue weighted by Crippen LogP contribution is 2.35. The van der Waals surface area contributed by atoms with E-state index in [1.165, 1.54) is 0 Å². The van der Waals surface area contributed by atoms with Gasteiger partial charge in [0.15, 0.2) is 0 Å². The van der Waals surface area contributed by atoms with Crippen LogP contribution in [0.3, 0.4) is 0 Å². The van der Waals surface area contributed by atoms with E-state index in [0.717, 1.165) is 19.4 Å². The maximum Gasteiger partial charge on any atom is 0.248 e. The molecule has 1 fully saturated rings. The summed E-state index contributed by atoms with van der Waals surface area (Å²) in [6.07, 6.45) is 1.95. The van der Waals surface area contributed by atoms with Crippen LogP contribution in [0.4, 0.5) is 0 Å². The van der Waals surface area contributed by atoms with Crippen LogP contribution in [-0.4, -0.2) is 16.8 Å². The van der Waals surface area contributed by atoms with Crippen LogP contribution >= 0.6 is 11.6 Å². The van der Waals surface area contributed by atoms with E-state index in [2.05, 4.69) is 10.2 Å². The van der Waals surface area contributed by atoms with E-state index in [1.54, 1.807) is 6.92 Å². The molecule has 1 aliphatic heterocycles. The number of rotatable bonds is 2. The van der Waals surface area contributed by atoms with Gasteiger partial charge in [-0.3, -0.25) is 0 Å². The predicted octanol–water partition coefficient (Wildman–Crippen LogP) is 2.40. The quantitative estimate of drug-likeness (QED) is 0.713. The number of hydrogen-bond donors (Lipinski definition) is 0. The molecule has 4 nitrogen and oxygen atoms in total. The topological polar surface area (TPSA) is 48.2 Å². The largest absolute Gasteiger partial charge is 0.421 e. The van der Waals surface area contributed by atoms with Gasteiger partial charge >= 0.3 is 0 Å². The number of alkyl halides is 1. The van der Waals surface area contributed by atoms with Crippen LogP contribution in [-0.2, 0) is 10.3 Å². The number of hydrogen-bond acceptors (Lipinski definition) is 4. The lowest BCUT2D eigenvalue weighted by molar-refractivity contribution is -0.00613. The van der Waals surface area contributed by atoms with Crippen molar-refractivity contribution in [3.63, 3.8) is 0 Å². The van der Waals surface area contributed by atoms with Gasteiger partial charge in [-0.25, -0.2) is 0 Å². The molecule has 1 aromatic heterocycles. The van der Waals surface area contributed by atoms with Crippen molar-refractivity contribution in [2.24, 2.45) is 0 Å². The van der Waals surface area contributed by atoms with Crippen molar-refractivity contribution in [3.05, 3.63) is 11.8 Å². The summed E-state index contributed by atoms with van der Waals surface area (Å²) in [5, 5.41) is 7.59. The molecule has 0 radical (unpaired) electrons. The Morgan fingerprint density at radius 3 is 2.79 bits per heavy atom. The summed E-state index contributed by atoms with van der Waals surface area (Å²) in [5.41, 5.74) is -0.406. The molecule has 5 heteroatoms. The summed E-state index contributed by atoms with van der Waals surface area (Å²) in [6.45, 7) is 4.53. The second-order valence-electron chi connectivity index (χ2n) is 3.74. The van der Waals surface area contributed by atoms with Crippen LogP contribution in [0.25, 0.3) is 0 Å². The van der Waals surface area contributed by atoms with Crippen molar-refractivity contribution in [1.29, 1.82) is 0 Å². The molecule has 2 rings (SSSR count). The molecule has 14 heavy (non-hydrogen) atoms. The van der Waals surface area contributed by atoms with Crippen LogP contribution in [0.15, 0.2) is 4.42 Å². The SMILES string of the molecule is CC(Cl)c1nnc(C2(C)CCCO2)o1. The molecule has 0 aromatic carbocycles. The molecule has 1 saturated heterocycles. The number of halogens is 1. The van der Waals surface area contributed by atoms with Crippen molar-refractivity contribution < 1.29 is 9.15 Å². The standard InChI is InChI=1S/C9H13ClN2O2/c1-6(10)7-11-12-8(14-7)9(2)4-3-5-13-9/h6H,3-5H2,1-2H3. The van der Waals surface area contributed by atoms with E-state index in [4.69, 9.17) is 20.8 Å². The molecule has 2 unspecified atom stereocenters. The van der Waals surface area contributed by atoms with Crippen LogP contribution in [0.1, 0.15) is 43.8 Å². The lowest BCUT2D eigenvalue weighted by Gasteiger charge is -2.17. The number of aromatic nitrogens is 2. The molecule has 0 spiro atoms. The van der Waals surface area contributed by atoms with Gasteiger partial charge in [0.1, 0.15) is 11.0 Å². The Morgan fingerprint density at radius 1 is 1.50 bits per heavy atom. The van der Waals surface area contributed by atoms with E-state index in [9.17, 15) is 0 Å². The molecule has 0 saturated carbocycles. The fourth-order valence-electron chi connectivity index (χ4n) is 1.56. The lowest BCUT2D eigenvalue weighted by Crippen LogP contribution is -2.20. The van der Waals surface area contributed by atoms with Gasteiger partial charge < -0.3 is 9.15 Å². The van der Waals surface area contributed by atoms with Crippen molar-refractivity contribution in [2.45, 2.75) is 37.7 Å². The third-order valence-electron chi connectivity index (χ3n) is 2.45. The zero-order valence-corrected chi connectivity index (χ0v) is 9.04. The Hall–Kier alpha value is -0.610. The second-order valence-corrected chi connectivity index (χ2v) is 4.40.